The molecule has 1 aliphatic rings. The quantitative estimate of drug-likeness (QED) is 0.500. The maximum atomic E-state index is 9.73. The van der Waals surface area contributed by atoms with Crippen molar-refractivity contribution >= 4 is 11.8 Å². The number of ether oxygens (including phenoxy) is 1. The Kier molecular flexibility index (Phi) is 5.91. The van der Waals surface area contributed by atoms with E-state index in [0.717, 1.165) is 12.0 Å². The monoisotopic (exact) mass is 264 g/mol. The van der Waals surface area contributed by atoms with Crippen LogP contribution in [0.15, 0.2) is 12.2 Å². The van der Waals surface area contributed by atoms with Gasteiger partial charge in [0, 0.05) is 0 Å². The maximum absolute atomic E-state index is 9.73. The molecule has 5 nitrogen and oxygen atoms in total. The average Bonchev–Trinajstić information content (AvgIpc) is 2.29. The maximum Gasteiger partial charge on any atom is 0.132 e. The van der Waals surface area contributed by atoms with Gasteiger partial charge in [0.25, 0.3) is 0 Å². The average molecular weight is 264 g/mol. The van der Waals surface area contributed by atoms with Gasteiger partial charge in [0.15, 0.2) is 0 Å². The normalized spacial score (nSPS) is 38.1. The van der Waals surface area contributed by atoms with E-state index >= 15 is 0 Å². The highest BCUT2D eigenvalue weighted by molar-refractivity contribution is 7.99. The van der Waals surface area contributed by atoms with Crippen LogP contribution in [0.5, 0.6) is 0 Å². The molecular formula is C11H20O5S. The number of aliphatic hydroxyl groups excluding tert-OH is 4. The molecule has 1 heterocycles. The Labute approximate surface area is 105 Å². The summed E-state index contributed by atoms with van der Waals surface area (Å²) in [7, 11) is 0. The second-order valence-electron chi connectivity index (χ2n) is 4.28. The third-order valence-electron chi connectivity index (χ3n) is 2.66. The lowest BCUT2D eigenvalue weighted by Gasteiger charge is -2.39. The number of aliphatic hydroxyl groups is 4. The topological polar surface area (TPSA) is 90.2 Å². The van der Waals surface area contributed by atoms with Crippen LogP contribution in [0.2, 0.25) is 0 Å². The largest absolute Gasteiger partial charge is 0.394 e. The van der Waals surface area contributed by atoms with Crippen molar-refractivity contribution in [2.75, 3.05) is 12.4 Å². The summed E-state index contributed by atoms with van der Waals surface area (Å²) in [6, 6.07) is 0. The molecule has 1 fully saturated rings. The second kappa shape index (κ2) is 6.72. The van der Waals surface area contributed by atoms with Gasteiger partial charge in [-0.3, -0.25) is 0 Å². The van der Waals surface area contributed by atoms with Crippen molar-refractivity contribution in [3.63, 3.8) is 0 Å². The van der Waals surface area contributed by atoms with E-state index in [1.54, 1.807) is 0 Å². The minimum absolute atomic E-state index is 0.386. The Bertz CT molecular complexity index is 258. The Hall–Kier alpha value is -0.110. The minimum Gasteiger partial charge on any atom is -0.394 e. The molecular weight excluding hydrogens is 244 g/mol. The van der Waals surface area contributed by atoms with Gasteiger partial charge in [-0.05, 0) is 19.1 Å². The number of allylic oxidation sites excluding steroid dienone is 1. The summed E-state index contributed by atoms with van der Waals surface area (Å²) < 4.78 is 5.34. The molecule has 0 saturated carbocycles. The van der Waals surface area contributed by atoms with Gasteiger partial charge in [-0.15, -0.1) is 18.3 Å². The van der Waals surface area contributed by atoms with Gasteiger partial charge in [-0.1, -0.05) is 5.57 Å². The molecule has 1 aliphatic heterocycles. The Morgan fingerprint density at radius 1 is 1.24 bits per heavy atom. The van der Waals surface area contributed by atoms with E-state index in [0.29, 0.717) is 5.75 Å². The lowest BCUT2D eigenvalue weighted by Crippen LogP contribution is -2.57. The lowest BCUT2D eigenvalue weighted by atomic mass is 10.0. The minimum atomic E-state index is -1.29. The highest BCUT2D eigenvalue weighted by Gasteiger charge is 2.43. The highest BCUT2D eigenvalue weighted by Crippen LogP contribution is 2.29. The van der Waals surface area contributed by atoms with Crippen LogP contribution in [0.3, 0.4) is 0 Å². The Balaban J connectivity index is 2.50. The summed E-state index contributed by atoms with van der Waals surface area (Å²) in [6.45, 7) is 5.29. The molecule has 1 saturated heterocycles. The molecule has 0 bridgehead atoms. The van der Waals surface area contributed by atoms with Crippen LogP contribution in [-0.2, 0) is 4.74 Å². The van der Waals surface area contributed by atoms with Crippen molar-refractivity contribution in [2.45, 2.75) is 43.2 Å². The predicted octanol–water partition coefficient (Wildman–Crippen LogP) is -0.514. The van der Waals surface area contributed by atoms with Gasteiger partial charge in [0.1, 0.15) is 29.9 Å². The molecule has 0 aromatic rings. The molecule has 0 aromatic heterocycles. The van der Waals surface area contributed by atoms with E-state index in [-0.39, 0.29) is 6.61 Å². The van der Waals surface area contributed by atoms with Crippen molar-refractivity contribution in [3.8, 4) is 0 Å². The molecule has 0 amide bonds. The first kappa shape index (κ1) is 14.9. The van der Waals surface area contributed by atoms with E-state index in [1.165, 1.54) is 11.8 Å². The van der Waals surface area contributed by atoms with E-state index in [4.69, 9.17) is 9.84 Å². The van der Waals surface area contributed by atoms with Gasteiger partial charge in [0.2, 0.25) is 0 Å². The fourth-order valence-electron chi connectivity index (χ4n) is 1.55. The van der Waals surface area contributed by atoms with Gasteiger partial charge in [-0.2, -0.15) is 0 Å². The molecule has 5 atom stereocenters. The fourth-order valence-corrected chi connectivity index (χ4v) is 2.83. The smallest absolute Gasteiger partial charge is 0.132 e. The second-order valence-corrected chi connectivity index (χ2v) is 5.48. The third-order valence-corrected chi connectivity index (χ3v) is 3.82. The van der Waals surface area contributed by atoms with E-state index in [9.17, 15) is 15.3 Å². The molecule has 0 aromatic carbocycles. The van der Waals surface area contributed by atoms with Gasteiger partial charge < -0.3 is 25.2 Å². The molecule has 1 unspecified atom stereocenters. The Morgan fingerprint density at radius 2 is 1.88 bits per heavy atom. The third kappa shape index (κ3) is 3.94. The first-order chi connectivity index (χ1) is 7.97. The molecule has 6 heteroatoms. The molecule has 0 radical (unpaired) electrons. The van der Waals surface area contributed by atoms with Gasteiger partial charge in [0.05, 0.1) is 6.61 Å². The Morgan fingerprint density at radius 3 is 2.41 bits per heavy atom. The first-order valence-electron chi connectivity index (χ1n) is 5.54. The number of hydrogen-bond acceptors (Lipinski definition) is 6. The zero-order valence-electron chi connectivity index (χ0n) is 9.82. The first-order valence-corrected chi connectivity index (χ1v) is 6.58. The van der Waals surface area contributed by atoms with E-state index in [2.05, 4.69) is 6.58 Å². The zero-order valence-corrected chi connectivity index (χ0v) is 10.6. The SMILES string of the molecule is C=C(C)CCSC1O[C@H](CO)[C@H](O)[C@H](O)[C@H]1O. The van der Waals surface area contributed by atoms with E-state index in [1.807, 2.05) is 6.92 Å². The molecule has 4 N–H and O–H groups in total. The van der Waals surface area contributed by atoms with Crippen LogP contribution in [0, 0.1) is 0 Å². The molecule has 100 valence electrons. The van der Waals surface area contributed by atoms with Gasteiger partial charge in [-0.25, -0.2) is 0 Å². The predicted molar refractivity (Wildman–Crippen MR) is 65.7 cm³/mol. The number of thioether (sulfide) groups is 1. The van der Waals surface area contributed by atoms with Crippen molar-refractivity contribution in [2.24, 2.45) is 0 Å². The van der Waals surface area contributed by atoms with Crippen LogP contribution >= 0.6 is 11.8 Å². The summed E-state index contributed by atoms with van der Waals surface area (Å²) in [5.74, 6) is 0.706. The van der Waals surface area contributed by atoms with E-state index < -0.39 is 29.9 Å². The molecule has 0 spiro atoms. The zero-order chi connectivity index (χ0) is 13.0. The van der Waals surface area contributed by atoms with Crippen molar-refractivity contribution < 1.29 is 25.2 Å². The summed E-state index contributed by atoms with van der Waals surface area (Å²) in [5, 5.41) is 37.8. The fraction of sp³-hybridized carbons (Fsp3) is 0.818. The van der Waals surface area contributed by atoms with Crippen LogP contribution < -0.4 is 0 Å². The van der Waals surface area contributed by atoms with Crippen molar-refractivity contribution in [3.05, 3.63) is 12.2 Å². The summed E-state index contributed by atoms with van der Waals surface area (Å²) in [6.07, 6.45) is -3.76. The standard InChI is InChI=1S/C11H20O5S/c1-6(2)3-4-17-11-10(15)9(14)8(13)7(5-12)16-11/h7-15H,1,3-5H2,2H3/t7-,8+,9+,10-,11?/m1/s1. The van der Waals surface area contributed by atoms with Gasteiger partial charge >= 0.3 is 0 Å². The number of hydrogen-bond donors (Lipinski definition) is 4. The molecule has 0 aliphatic carbocycles. The summed E-state index contributed by atoms with van der Waals surface area (Å²) >= 11 is 1.34. The summed E-state index contributed by atoms with van der Waals surface area (Å²) in [5.41, 5.74) is 0.395. The highest BCUT2D eigenvalue weighted by atomic mass is 32.2. The lowest BCUT2D eigenvalue weighted by molar-refractivity contribution is -0.205. The molecule has 17 heavy (non-hydrogen) atoms. The van der Waals surface area contributed by atoms with Crippen LogP contribution in [-0.4, -0.2) is 62.6 Å². The number of rotatable bonds is 5. The molecule has 1 rings (SSSR count). The van der Waals surface area contributed by atoms with Crippen LogP contribution in [0.4, 0.5) is 0 Å². The summed E-state index contributed by atoms with van der Waals surface area (Å²) in [4.78, 5) is 0. The van der Waals surface area contributed by atoms with Crippen molar-refractivity contribution in [1.82, 2.24) is 0 Å². The van der Waals surface area contributed by atoms with Crippen LogP contribution in [0.1, 0.15) is 13.3 Å². The van der Waals surface area contributed by atoms with Crippen molar-refractivity contribution in [1.29, 1.82) is 0 Å². The van der Waals surface area contributed by atoms with Crippen LogP contribution in [0.25, 0.3) is 0 Å².